The number of benzene rings is 1. The van der Waals surface area contributed by atoms with E-state index < -0.39 is 10.0 Å². The lowest BCUT2D eigenvalue weighted by Gasteiger charge is -2.15. The minimum absolute atomic E-state index is 0.0142. The largest absolute Gasteiger partial charge is 0.389 e. The van der Waals surface area contributed by atoms with E-state index in [1.54, 1.807) is 25.1 Å². The Morgan fingerprint density at radius 3 is 2.58 bits per heavy atom. The first kappa shape index (κ1) is 14.4. The first-order chi connectivity index (χ1) is 8.81. The third-order valence-corrected chi connectivity index (χ3v) is 5.37. The Hall–Kier alpha value is -0.980. The summed E-state index contributed by atoms with van der Waals surface area (Å²) in [4.78, 5) is 0.561. The SMILES string of the molecule is Cc1cc(C(N)=S)ccc1S(=O)(=O)NC(C)C1CC1. The standard InChI is InChI=1S/C13H18N2O2S2/c1-8-7-11(13(14)18)5-6-12(8)19(16,17)15-9(2)10-3-4-10/h5-7,9-10,15H,3-4H2,1-2H3,(H2,14,18). The highest BCUT2D eigenvalue weighted by atomic mass is 32.2. The van der Waals surface area contributed by atoms with E-state index in [-0.39, 0.29) is 11.0 Å². The molecule has 4 nitrogen and oxygen atoms in total. The average Bonchev–Trinajstić information content (AvgIpc) is 3.11. The number of nitrogens with two attached hydrogens (primary N) is 1. The van der Waals surface area contributed by atoms with Gasteiger partial charge in [-0.05, 0) is 50.3 Å². The van der Waals surface area contributed by atoms with Crippen molar-refractivity contribution in [3.8, 4) is 0 Å². The molecule has 1 fully saturated rings. The number of sulfonamides is 1. The van der Waals surface area contributed by atoms with Gasteiger partial charge >= 0.3 is 0 Å². The summed E-state index contributed by atoms with van der Waals surface area (Å²) in [6, 6.07) is 4.90. The summed E-state index contributed by atoms with van der Waals surface area (Å²) in [7, 11) is -3.47. The van der Waals surface area contributed by atoms with Gasteiger partial charge in [-0.3, -0.25) is 0 Å². The Balaban J connectivity index is 2.27. The molecular formula is C13H18N2O2S2. The maximum Gasteiger partial charge on any atom is 0.241 e. The van der Waals surface area contributed by atoms with Crippen LogP contribution in [0.1, 0.15) is 30.9 Å². The van der Waals surface area contributed by atoms with Crippen LogP contribution < -0.4 is 10.5 Å². The summed E-state index contributed by atoms with van der Waals surface area (Å²) in [6.07, 6.45) is 2.20. The molecule has 0 bridgehead atoms. The molecule has 6 heteroatoms. The summed E-state index contributed by atoms with van der Waals surface area (Å²) < 4.78 is 27.3. The van der Waals surface area contributed by atoms with Gasteiger partial charge in [0, 0.05) is 11.6 Å². The van der Waals surface area contributed by atoms with Gasteiger partial charge in [-0.2, -0.15) is 0 Å². The molecule has 1 saturated carbocycles. The van der Waals surface area contributed by atoms with Crippen molar-refractivity contribution in [2.24, 2.45) is 11.7 Å². The first-order valence-electron chi connectivity index (χ1n) is 6.24. The van der Waals surface area contributed by atoms with E-state index in [1.807, 2.05) is 6.92 Å². The molecule has 3 N–H and O–H groups in total. The van der Waals surface area contributed by atoms with Crippen LogP contribution in [0, 0.1) is 12.8 Å². The van der Waals surface area contributed by atoms with Crippen LogP contribution in [0.2, 0.25) is 0 Å². The van der Waals surface area contributed by atoms with E-state index in [0.717, 1.165) is 12.8 Å². The van der Waals surface area contributed by atoms with Crippen molar-refractivity contribution in [2.45, 2.75) is 37.6 Å². The van der Waals surface area contributed by atoms with Gasteiger partial charge in [-0.25, -0.2) is 13.1 Å². The highest BCUT2D eigenvalue weighted by molar-refractivity contribution is 7.89. The molecule has 0 radical (unpaired) electrons. The van der Waals surface area contributed by atoms with Crippen LogP contribution in [0.25, 0.3) is 0 Å². The summed E-state index contributed by atoms with van der Waals surface area (Å²) in [5.41, 5.74) is 6.87. The van der Waals surface area contributed by atoms with Gasteiger partial charge in [0.15, 0.2) is 0 Å². The van der Waals surface area contributed by atoms with Gasteiger partial charge in [0.2, 0.25) is 10.0 Å². The molecule has 2 rings (SSSR count). The van der Waals surface area contributed by atoms with E-state index in [9.17, 15) is 8.42 Å². The summed E-state index contributed by atoms with van der Waals surface area (Å²) in [5.74, 6) is 0.478. The maximum atomic E-state index is 12.3. The Kier molecular flexibility index (Phi) is 3.94. The second kappa shape index (κ2) is 5.19. The maximum absolute atomic E-state index is 12.3. The molecule has 0 aliphatic heterocycles. The zero-order chi connectivity index (χ0) is 14.2. The average molecular weight is 298 g/mol. The van der Waals surface area contributed by atoms with Crippen molar-refractivity contribution in [3.63, 3.8) is 0 Å². The predicted octanol–water partition coefficient (Wildman–Crippen LogP) is 1.71. The van der Waals surface area contributed by atoms with Gasteiger partial charge in [0.1, 0.15) is 4.99 Å². The van der Waals surface area contributed by atoms with Gasteiger partial charge in [-0.1, -0.05) is 18.3 Å². The Bertz CT molecular complexity index is 607. The molecule has 1 aliphatic carbocycles. The minimum atomic E-state index is -3.47. The third kappa shape index (κ3) is 3.32. The second-order valence-corrected chi connectivity index (χ2v) is 7.21. The number of hydrogen-bond donors (Lipinski definition) is 2. The predicted molar refractivity (Wildman–Crippen MR) is 79.6 cm³/mol. The van der Waals surface area contributed by atoms with E-state index in [0.29, 0.717) is 21.9 Å². The van der Waals surface area contributed by atoms with Crippen molar-refractivity contribution in [2.75, 3.05) is 0 Å². The molecule has 1 aliphatic rings. The number of thiocarbonyl (C=S) groups is 1. The molecular weight excluding hydrogens is 280 g/mol. The van der Waals surface area contributed by atoms with Crippen LogP contribution in [0.3, 0.4) is 0 Å². The normalized spacial score (nSPS) is 17.2. The number of rotatable bonds is 5. The topological polar surface area (TPSA) is 72.2 Å². The lowest BCUT2D eigenvalue weighted by atomic mass is 10.1. The van der Waals surface area contributed by atoms with E-state index in [4.69, 9.17) is 18.0 Å². The summed E-state index contributed by atoms with van der Waals surface area (Å²) >= 11 is 4.88. The molecule has 1 aromatic carbocycles. The number of hydrogen-bond acceptors (Lipinski definition) is 3. The lowest BCUT2D eigenvalue weighted by Crippen LogP contribution is -2.34. The van der Waals surface area contributed by atoms with Crippen molar-refractivity contribution < 1.29 is 8.42 Å². The molecule has 1 aromatic rings. The van der Waals surface area contributed by atoms with E-state index >= 15 is 0 Å². The fourth-order valence-electron chi connectivity index (χ4n) is 2.10. The minimum Gasteiger partial charge on any atom is -0.389 e. The van der Waals surface area contributed by atoms with Crippen molar-refractivity contribution in [1.82, 2.24) is 4.72 Å². The van der Waals surface area contributed by atoms with Crippen LogP contribution in [0.5, 0.6) is 0 Å². The first-order valence-corrected chi connectivity index (χ1v) is 8.13. The molecule has 0 saturated heterocycles. The number of aryl methyl sites for hydroxylation is 1. The highest BCUT2D eigenvalue weighted by Gasteiger charge is 2.31. The molecule has 0 heterocycles. The summed E-state index contributed by atoms with van der Waals surface area (Å²) in [5, 5.41) is 0. The molecule has 104 valence electrons. The van der Waals surface area contributed by atoms with Crippen LogP contribution in [0.15, 0.2) is 23.1 Å². The molecule has 1 unspecified atom stereocenters. The van der Waals surface area contributed by atoms with Crippen LogP contribution in [-0.2, 0) is 10.0 Å². The van der Waals surface area contributed by atoms with E-state index in [2.05, 4.69) is 4.72 Å². The van der Waals surface area contributed by atoms with Crippen molar-refractivity contribution in [3.05, 3.63) is 29.3 Å². The molecule has 1 atom stereocenters. The fourth-order valence-corrected chi connectivity index (χ4v) is 3.77. The molecule has 0 spiro atoms. The monoisotopic (exact) mass is 298 g/mol. The van der Waals surface area contributed by atoms with Crippen molar-refractivity contribution in [1.29, 1.82) is 0 Å². The Labute approximate surface area is 119 Å². The van der Waals surface area contributed by atoms with E-state index in [1.165, 1.54) is 0 Å². The molecule has 0 aromatic heterocycles. The van der Waals surface area contributed by atoms with Crippen LogP contribution >= 0.6 is 12.2 Å². The second-order valence-electron chi connectivity index (χ2n) is 5.09. The van der Waals surface area contributed by atoms with Gasteiger partial charge in [0.25, 0.3) is 0 Å². The van der Waals surface area contributed by atoms with Gasteiger partial charge in [-0.15, -0.1) is 0 Å². The zero-order valence-electron chi connectivity index (χ0n) is 11.0. The van der Waals surface area contributed by atoms with Crippen LogP contribution in [-0.4, -0.2) is 19.4 Å². The molecule has 19 heavy (non-hydrogen) atoms. The fraction of sp³-hybridized carbons (Fsp3) is 0.462. The van der Waals surface area contributed by atoms with Gasteiger partial charge in [0.05, 0.1) is 4.90 Å². The Morgan fingerprint density at radius 2 is 2.11 bits per heavy atom. The Morgan fingerprint density at radius 1 is 1.47 bits per heavy atom. The summed E-state index contributed by atoms with van der Waals surface area (Å²) in [6.45, 7) is 3.66. The highest BCUT2D eigenvalue weighted by Crippen LogP contribution is 2.33. The lowest BCUT2D eigenvalue weighted by molar-refractivity contribution is 0.537. The third-order valence-electron chi connectivity index (χ3n) is 3.42. The smallest absolute Gasteiger partial charge is 0.241 e. The van der Waals surface area contributed by atoms with Crippen molar-refractivity contribution >= 4 is 27.2 Å². The zero-order valence-corrected chi connectivity index (χ0v) is 12.6. The van der Waals surface area contributed by atoms with Gasteiger partial charge < -0.3 is 5.73 Å². The number of nitrogens with one attached hydrogen (secondary N) is 1. The molecule has 0 amide bonds. The quantitative estimate of drug-likeness (QED) is 0.812. The van der Waals surface area contributed by atoms with Crippen LogP contribution in [0.4, 0.5) is 0 Å².